The van der Waals surface area contributed by atoms with Gasteiger partial charge in [0, 0.05) is 4.92 Å². The van der Waals surface area contributed by atoms with Crippen LogP contribution in [-0.4, -0.2) is 50.5 Å². The molecule has 2 bridgehead atoms. The maximum atomic E-state index is 11.0. The summed E-state index contributed by atoms with van der Waals surface area (Å²) in [4.78, 5) is 13.6. The van der Waals surface area contributed by atoms with Crippen LogP contribution in [0.25, 0.3) is 0 Å². The molecule has 0 spiro atoms. The molecule has 0 aromatic heterocycles. The van der Waals surface area contributed by atoms with Crippen molar-refractivity contribution in [2.75, 3.05) is 40.0 Å². The van der Waals surface area contributed by atoms with E-state index < -0.39 is 5.54 Å². The quantitative estimate of drug-likeness (QED) is 0.285. The highest BCUT2D eigenvalue weighted by molar-refractivity contribution is 4.78. The third-order valence-corrected chi connectivity index (χ3v) is 3.11. The number of nitrogens with one attached hydrogen (secondary N) is 2. The van der Waals surface area contributed by atoms with Gasteiger partial charge in [0.1, 0.15) is 0 Å². The average molecular weight is 189 g/mol. The number of nitro groups is 1. The monoisotopic (exact) mass is 189 g/mol. The Hall–Kier alpha value is -0.720. The zero-order chi connectivity index (χ0) is 9.47. The molecule has 0 aromatic carbocycles. The van der Waals surface area contributed by atoms with Crippen LogP contribution in [0.15, 0.2) is 0 Å². The van der Waals surface area contributed by atoms with Crippen LogP contribution in [0.5, 0.6) is 0 Å². The number of rotatable bonds is 1. The second-order valence-corrected chi connectivity index (χ2v) is 4.42. The van der Waals surface area contributed by atoms with Crippen LogP contribution in [0.3, 0.4) is 0 Å². The Bertz CT molecular complexity index is 231. The zero-order valence-corrected chi connectivity index (χ0v) is 7.88. The number of quaternary nitrogens is 3. The van der Waals surface area contributed by atoms with Crippen LogP contribution in [0.1, 0.15) is 0 Å². The van der Waals surface area contributed by atoms with Crippen molar-refractivity contribution < 1.29 is 20.0 Å². The highest BCUT2D eigenvalue weighted by atomic mass is 16.6. The van der Waals surface area contributed by atoms with E-state index >= 15 is 0 Å². The maximum Gasteiger partial charge on any atom is 0.364 e. The smallest absolute Gasteiger partial charge is 0.293 e. The summed E-state index contributed by atoms with van der Waals surface area (Å²) in [5.41, 5.74) is -0.657. The number of nitrogens with zero attached hydrogens (tertiary/aromatic N) is 1. The van der Waals surface area contributed by atoms with E-state index in [9.17, 15) is 10.1 Å². The summed E-state index contributed by atoms with van der Waals surface area (Å²) in [7, 11) is 2.04. The molecule has 2 fully saturated rings. The lowest BCUT2D eigenvalue weighted by Gasteiger charge is -2.37. The molecule has 0 saturated carbocycles. The van der Waals surface area contributed by atoms with Gasteiger partial charge < -0.3 is 0 Å². The fourth-order valence-corrected chi connectivity index (χ4v) is 2.68. The molecule has 2 aliphatic heterocycles. The minimum atomic E-state index is -0.657. The first kappa shape index (κ1) is 8.86. The maximum absolute atomic E-state index is 11.0. The molecule has 0 amide bonds. The first-order valence-corrected chi connectivity index (χ1v) is 4.73. The van der Waals surface area contributed by atoms with Gasteiger partial charge in [-0.3, -0.25) is 20.3 Å². The summed E-state index contributed by atoms with van der Waals surface area (Å²) >= 11 is 0. The number of fused-ring (bicyclic) bond motifs is 2. The molecule has 3 atom stereocenters. The first-order valence-electron chi connectivity index (χ1n) is 4.73. The molecule has 0 aromatic rings. The summed E-state index contributed by atoms with van der Waals surface area (Å²) in [5, 5.41) is 13.1. The van der Waals surface area contributed by atoms with E-state index in [0.29, 0.717) is 19.6 Å². The zero-order valence-electron chi connectivity index (χ0n) is 7.88. The molecular weight excluding hydrogens is 172 g/mol. The van der Waals surface area contributed by atoms with Gasteiger partial charge in [0.2, 0.25) is 13.3 Å². The van der Waals surface area contributed by atoms with Crippen LogP contribution in [0, 0.1) is 10.1 Å². The second kappa shape index (κ2) is 2.90. The van der Waals surface area contributed by atoms with E-state index in [1.165, 1.54) is 9.80 Å². The molecule has 2 aliphatic rings. The molecule has 2 saturated heterocycles. The van der Waals surface area contributed by atoms with Crippen LogP contribution in [0.2, 0.25) is 0 Å². The Morgan fingerprint density at radius 1 is 1.54 bits per heavy atom. The predicted octanol–water partition coefficient (Wildman–Crippen LogP) is -5.09. The Kier molecular flexibility index (Phi) is 1.98. The van der Waals surface area contributed by atoms with E-state index in [1.807, 2.05) is 7.05 Å². The van der Waals surface area contributed by atoms with Crippen molar-refractivity contribution in [3.05, 3.63) is 10.1 Å². The number of nitrogens with two attached hydrogens (primary N) is 1. The normalized spacial score (nSPS) is 44.4. The van der Waals surface area contributed by atoms with Gasteiger partial charge in [0.05, 0.1) is 7.05 Å². The van der Waals surface area contributed by atoms with Crippen molar-refractivity contribution >= 4 is 0 Å². The fraction of sp³-hybridized carbons (Fsp3) is 1.00. The number of hydrogen-bond donors (Lipinski definition) is 3. The lowest BCUT2D eigenvalue weighted by molar-refractivity contribution is -1.16. The van der Waals surface area contributed by atoms with E-state index in [0.717, 1.165) is 13.3 Å². The van der Waals surface area contributed by atoms with Crippen LogP contribution < -0.4 is 15.1 Å². The van der Waals surface area contributed by atoms with Gasteiger partial charge in [0.15, 0.2) is 19.6 Å². The van der Waals surface area contributed by atoms with Gasteiger partial charge in [-0.2, -0.15) is 0 Å². The molecular formula is C7H17N4O2+3. The van der Waals surface area contributed by atoms with E-state index in [-0.39, 0.29) is 4.92 Å². The average Bonchev–Trinajstić information content (AvgIpc) is 2.02. The van der Waals surface area contributed by atoms with Crippen LogP contribution >= 0.6 is 0 Å². The Morgan fingerprint density at radius 2 is 2.31 bits per heavy atom. The molecule has 2 heterocycles. The number of likely N-dealkylation sites (N-methyl/N-ethyl adjacent to an activating group) is 1. The third-order valence-electron chi connectivity index (χ3n) is 3.11. The van der Waals surface area contributed by atoms with Gasteiger partial charge in [-0.1, -0.05) is 0 Å². The molecule has 74 valence electrons. The molecule has 0 radical (unpaired) electrons. The van der Waals surface area contributed by atoms with Crippen LogP contribution in [-0.2, 0) is 0 Å². The Labute approximate surface area is 76.6 Å². The van der Waals surface area contributed by atoms with Gasteiger partial charge >= 0.3 is 5.54 Å². The molecule has 2 unspecified atom stereocenters. The largest absolute Gasteiger partial charge is 0.364 e. The topological polar surface area (TPSA) is 68.6 Å². The lowest BCUT2D eigenvalue weighted by Crippen LogP contribution is -3.41. The molecule has 0 aliphatic carbocycles. The summed E-state index contributed by atoms with van der Waals surface area (Å²) in [6, 6.07) is 0. The third kappa shape index (κ3) is 1.41. The van der Waals surface area contributed by atoms with Crippen LogP contribution in [0.4, 0.5) is 0 Å². The summed E-state index contributed by atoms with van der Waals surface area (Å²) in [6.45, 7) is 4.06. The van der Waals surface area contributed by atoms with Gasteiger partial charge in [-0.05, 0) is 0 Å². The second-order valence-electron chi connectivity index (χ2n) is 4.42. The molecule has 6 heteroatoms. The van der Waals surface area contributed by atoms with Crippen molar-refractivity contribution in [3.8, 4) is 0 Å². The Balaban J connectivity index is 2.20. The van der Waals surface area contributed by atoms with E-state index in [4.69, 9.17) is 0 Å². The lowest BCUT2D eigenvalue weighted by atomic mass is 9.95. The summed E-state index contributed by atoms with van der Waals surface area (Å²) < 4.78 is 0. The minimum Gasteiger partial charge on any atom is -0.293 e. The van der Waals surface area contributed by atoms with Crippen molar-refractivity contribution in [2.45, 2.75) is 5.54 Å². The number of hydrogen-bond acceptors (Lipinski definition) is 2. The summed E-state index contributed by atoms with van der Waals surface area (Å²) in [6.07, 6.45) is 0. The minimum absolute atomic E-state index is 0.0642. The van der Waals surface area contributed by atoms with E-state index in [2.05, 4.69) is 5.32 Å². The van der Waals surface area contributed by atoms with Crippen molar-refractivity contribution in [1.82, 2.24) is 0 Å². The molecule has 4 N–H and O–H groups in total. The Morgan fingerprint density at radius 3 is 3.00 bits per heavy atom. The highest BCUT2D eigenvalue weighted by Crippen LogP contribution is 2.04. The van der Waals surface area contributed by atoms with Crippen molar-refractivity contribution in [1.29, 1.82) is 0 Å². The molecule has 2 rings (SSSR count). The highest BCUT2D eigenvalue weighted by Gasteiger charge is 2.58. The van der Waals surface area contributed by atoms with Gasteiger partial charge in [-0.15, -0.1) is 0 Å². The SMILES string of the molecule is C[NH+]1C[NH+]2C[NH2+]C[C@@]([N+](=O)[O-])(C1)C2. The van der Waals surface area contributed by atoms with Crippen molar-refractivity contribution in [2.24, 2.45) is 0 Å². The fourth-order valence-electron chi connectivity index (χ4n) is 2.68. The molecule has 6 nitrogen and oxygen atoms in total. The van der Waals surface area contributed by atoms with E-state index in [1.54, 1.807) is 0 Å². The van der Waals surface area contributed by atoms with Crippen molar-refractivity contribution in [3.63, 3.8) is 0 Å². The first-order chi connectivity index (χ1) is 6.12. The molecule has 13 heavy (non-hydrogen) atoms. The standard InChI is InChI=1S/C7H14N4O2/c1-9-3-7(11(12)13)2-8-5-10(4-7)6-9/h8H,2-6H2,1H3/p+3/t7-/m1/s1. The van der Waals surface area contributed by atoms with Gasteiger partial charge in [0.25, 0.3) is 0 Å². The predicted molar refractivity (Wildman–Crippen MR) is 43.8 cm³/mol. The van der Waals surface area contributed by atoms with Gasteiger partial charge in [-0.25, -0.2) is 4.90 Å². The summed E-state index contributed by atoms with van der Waals surface area (Å²) in [5.74, 6) is 0.